The highest BCUT2D eigenvalue weighted by Gasteiger charge is 2.18. The van der Waals surface area contributed by atoms with Gasteiger partial charge in [-0.15, -0.1) is 10.2 Å². The zero-order valence-corrected chi connectivity index (χ0v) is 21.9. The number of amides is 1. The Balaban J connectivity index is 1.46. The van der Waals surface area contributed by atoms with Gasteiger partial charge in [-0.2, -0.15) is 0 Å². The Labute approximate surface area is 213 Å². The fraction of sp³-hybridized carbons (Fsp3) is 0.414. The second-order valence-electron chi connectivity index (χ2n) is 10.2. The minimum Gasteiger partial charge on any atom is -0.355 e. The van der Waals surface area contributed by atoms with Crippen molar-refractivity contribution >= 4 is 17.7 Å². The molecule has 1 heterocycles. The molecule has 1 aromatic heterocycles. The van der Waals surface area contributed by atoms with E-state index < -0.39 is 0 Å². The van der Waals surface area contributed by atoms with Gasteiger partial charge in [0, 0.05) is 12.1 Å². The average Bonchev–Trinajstić information content (AvgIpc) is 3.26. The fourth-order valence-corrected chi connectivity index (χ4v) is 5.08. The van der Waals surface area contributed by atoms with Crippen LogP contribution in [0.1, 0.15) is 64.0 Å². The van der Waals surface area contributed by atoms with Crippen LogP contribution in [0, 0.1) is 0 Å². The van der Waals surface area contributed by atoms with E-state index in [-0.39, 0.29) is 11.3 Å². The number of aromatic nitrogens is 3. The summed E-state index contributed by atoms with van der Waals surface area (Å²) < 4.78 is 2.12. The molecule has 1 N–H and O–H groups in total. The Bertz CT molecular complexity index is 1140. The smallest absolute Gasteiger partial charge is 0.230 e. The van der Waals surface area contributed by atoms with E-state index in [0.717, 1.165) is 23.0 Å². The summed E-state index contributed by atoms with van der Waals surface area (Å²) >= 11 is 1.45. The number of rotatable bonds is 9. The van der Waals surface area contributed by atoms with Crippen molar-refractivity contribution in [3.05, 3.63) is 77.4 Å². The number of allylic oxidation sites excluding steroid dienone is 1. The number of nitrogens with zero attached hydrogens (tertiary/aromatic N) is 3. The largest absolute Gasteiger partial charge is 0.355 e. The molecule has 184 valence electrons. The van der Waals surface area contributed by atoms with Crippen molar-refractivity contribution in [2.75, 3.05) is 12.3 Å². The number of benzene rings is 2. The van der Waals surface area contributed by atoms with Gasteiger partial charge in [0.05, 0.1) is 12.3 Å². The van der Waals surface area contributed by atoms with Crippen LogP contribution in [-0.4, -0.2) is 33.0 Å². The predicted molar refractivity (Wildman–Crippen MR) is 145 cm³/mol. The van der Waals surface area contributed by atoms with E-state index in [9.17, 15) is 4.79 Å². The lowest BCUT2D eigenvalue weighted by molar-refractivity contribution is -0.118. The van der Waals surface area contributed by atoms with E-state index in [1.54, 1.807) is 0 Å². The van der Waals surface area contributed by atoms with Crippen molar-refractivity contribution in [1.29, 1.82) is 0 Å². The van der Waals surface area contributed by atoms with Crippen LogP contribution in [-0.2, 0) is 16.8 Å². The monoisotopic (exact) mass is 488 g/mol. The number of carbonyl (C=O) groups excluding carboxylic acids is 1. The van der Waals surface area contributed by atoms with E-state index in [2.05, 4.69) is 83.3 Å². The molecule has 0 fully saturated rings. The fourth-order valence-electron chi connectivity index (χ4n) is 4.31. The molecule has 0 atom stereocenters. The summed E-state index contributed by atoms with van der Waals surface area (Å²) in [6, 6.07) is 18.9. The zero-order valence-electron chi connectivity index (χ0n) is 21.1. The Morgan fingerprint density at radius 3 is 2.49 bits per heavy atom. The molecule has 2 aromatic carbocycles. The minimum absolute atomic E-state index is 0.0387. The standard InChI is InChI=1S/C29H36N4OS/c1-29(2,3)25-16-14-24(15-17-25)27-31-32-28(33(27)20-23-12-8-5-9-13-23)35-21-26(34)30-19-18-22-10-6-4-7-11-22/h5,8-10,12-17H,4,6-7,11,18-21H2,1-3H3,(H,30,34). The molecule has 0 radical (unpaired) electrons. The first-order valence-corrected chi connectivity index (χ1v) is 13.5. The van der Waals surface area contributed by atoms with Gasteiger partial charge in [0.2, 0.25) is 5.91 Å². The van der Waals surface area contributed by atoms with Gasteiger partial charge in [-0.1, -0.05) is 98.8 Å². The van der Waals surface area contributed by atoms with Crippen molar-refractivity contribution in [3.8, 4) is 11.4 Å². The van der Waals surface area contributed by atoms with Gasteiger partial charge in [0.25, 0.3) is 0 Å². The van der Waals surface area contributed by atoms with Crippen LogP contribution in [0.25, 0.3) is 11.4 Å². The van der Waals surface area contributed by atoms with Crippen LogP contribution in [0.3, 0.4) is 0 Å². The highest BCUT2D eigenvalue weighted by molar-refractivity contribution is 7.99. The Morgan fingerprint density at radius 2 is 1.80 bits per heavy atom. The van der Waals surface area contributed by atoms with Gasteiger partial charge >= 0.3 is 0 Å². The van der Waals surface area contributed by atoms with Crippen LogP contribution in [0.2, 0.25) is 0 Å². The third-order valence-corrected chi connectivity index (χ3v) is 7.36. The highest BCUT2D eigenvalue weighted by atomic mass is 32.2. The molecule has 35 heavy (non-hydrogen) atoms. The summed E-state index contributed by atoms with van der Waals surface area (Å²) in [5.74, 6) is 1.19. The number of nitrogens with one attached hydrogen (secondary N) is 1. The van der Waals surface area contributed by atoms with E-state index >= 15 is 0 Å². The van der Waals surface area contributed by atoms with E-state index in [1.165, 1.54) is 54.1 Å². The second kappa shape index (κ2) is 11.7. The number of hydrogen-bond donors (Lipinski definition) is 1. The molecule has 3 aromatic rings. The molecule has 0 aliphatic heterocycles. The Hall–Kier alpha value is -2.86. The molecule has 6 heteroatoms. The van der Waals surface area contributed by atoms with E-state index in [4.69, 9.17) is 0 Å². The molecular weight excluding hydrogens is 452 g/mol. The highest BCUT2D eigenvalue weighted by Crippen LogP contribution is 2.28. The first-order valence-electron chi connectivity index (χ1n) is 12.6. The van der Waals surface area contributed by atoms with Crippen molar-refractivity contribution in [2.45, 2.75) is 70.0 Å². The lowest BCUT2D eigenvalue weighted by atomic mass is 9.87. The Morgan fingerprint density at radius 1 is 1.03 bits per heavy atom. The van der Waals surface area contributed by atoms with Crippen molar-refractivity contribution < 1.29 is 4.79 Å². The summed E-state index contributed by atoms with van der Waals surface area (Å²) in [5, 5.41) is 12.8. The van der Waals surface area contributed by atoms with Crippen LogP contribution in [0.5, 0.6) is 0 Å². The molecule has 1 amide bonds. The number of thioether (sulfide) groups is 1. The first-order chi connectivity index (χ1) is 16.9. The molecule has 0 spiro atoms. The third-order valence-electron chi connectivity index (χ3n) is 6.40. The summed E-state index contributed by atoms with van der Waals surface area (Å²) in [5.41, 5.74) is 5.06. The molecule has 0 saturated heterocycles. The maximum absolute atomic E-state index is 12.5. The number of hydrogen-bond acceptors (Lipinski definition) is 4. The molecular formula is C29H36N4OS. The summed E-state index contributed by atoms with van der Waals surface area (Å²) in [4.78, 5) is 12.5. The maximum atomic E-state index is 12.5. The average molecular weight is 489 g/mol. The van der Waals surface area contributed by atoms with Gasteiger partial charge in [-0.25, -0.2) is 0 Å². The minimum atomic E-state index is 0.0387. The molecule has 0 bridgehead atoms. The summed E-state index contributed by atoms with van der Waals surface area (Å²) in [6.07, 6.45) is 8.21. The SMILES string of the molecule is CC(C)(C)c1ccc(-c2nnc(SCC(=O)NCCC3=CCCCC3)n2Cc2ccccc2)cc1. The van der Waals surface area contributed by atoms with Crippen molar-refractivity contribution in [2.24, 2.45) is 0 Å². The zero-order chi connectivity index (χ0) is 24.7. The first kappa shape index (κ1) is 25.2. The number of carbonyl (C=O) groups is 1. The molecule has 1 aliphatic rings. The topological polar surface area (TPSA) is 59.8 Å². The van der Waals surface area contributed by atoms with Gasteiger partial charge in [0.15, 0.2) is 11.0 Å². The quantitative estimate of drug-likeness (QED) is 0.280. The van der Waals surface area contributed by atoms with Crippen LogP contribution in [0.15, 0.2) is 71.4 Å². The molecule has 5 nitrogen and oxygen atoms in total. The molecule has 0 unspecified atom stereocenters. The van der Waals surface area contributed by atoms with Crippen LogP contribution >= 0.6 is 11.8 Å². The van der Waals surface area contributed by atoms with Crippen molar-refractivity contribution in [3.63, 3.8) is 0 Å². The molecule has 0 saturated carbocycles. The van der Waals surface area contributed by atoms with E-state index in [0.29, 0.717) is 18.8 Å². The lowest BCUT2D eigenvalue weighted by Gasteiger charge is -2.19. The lowest BCUT2D eigenvalue weighted by Crippen LogP contribution is -2.26. The molecule has 1 aliphatic carbocycles. The van der Waals surface area contributed by atoms with Crippen LogP contribution in [0.4, 0.5) is 0 Å². The van der Waals surface area contributed by atoms with Gasteiger partial charge in [0.1, 0.15) is 0 Å². The van der Waals surface area contributed by atoms with Gasteiger partial charge in [-0.3, -0.25) is 9.36 Å². The summed E-state index contributed by atoms with van der Waals surface area (Å²) in [6.45, 7) is 8.00. The molecule has 4 rings (SSSR count). The predicted octanol–water partition coefficient (Wildman–Crippen LogP) is 6.39. The normalized spacial score (nSPS) is 14.0. The van der Waals surface area contributed by atoms with E-state index in [1.807, 2.05) is 18.2 Å². The maximum Gasteiger partial charge on any atom is 0.230 e. The van der Waals surface area contributed by atoms with Gasteiger partial charge in [-0.05, 0) is 48.6 Å². The van der Waals surface area contributed by atoms with Crippen molar-refractivity contribution in [1.82, 2.24) is 20.1 Å². The Kier molecular flexibility index (Phi) is 8.45. The second-order valence-corrected chi connectivity index (χ2v) is 11.1. The van der Waals surface area contributed by atoms with Crippen LogP contribution < -0.4 is 5.32 Å². The van der Waals surface area contributed by atoms with Gasteiger partial charge < -0.3 is 5.32 Å². The third kappa shape index (κ3) is 7.07. The summed E-state index contributed by atoms with van der Waals surface area (Å²) in [7, 11) is 0.